The van der Waals surface area contributed by atoms with Gasteiger partial charge in [0.05, 0.1) is 17.9 Å². The Labute approximate surface area is 282 Å². The standard InChI is InChI=1S/C37H32ClN3O5S/c1-23-13-14-26(38)21-31(23)40-35(42)24(2)47-29-18-15-27(16-19-29)39-37(44)32(41-36(43)25-9-5-4-6-10-25)22-28-17-20-34(46-28)30-11-7-8-12-33(30)45-3/h4-22,24H,1-3H3,(H,39,44)(H,40,42)(H,41,43)/b32-22+/t24-/m1/s1. The van der Waals surface area contributed by atoms with Crippen LogP contribution in [0.1, 0.15) is 28.6 Å². The predicted octanol–water partition coefficient (Wildman–Crippen LogP) is 8.45. The molecule has 3 amide bonds. The molecular weight excluding hydrogens is 634 g/mol. The molecule has 238 valence electrons. The average molecular weight is 666 g/mol. The van der Waals surface area contributed by atoms with Crippen molar-refractivity contribution >= 4 is 58.5 Å². The van der Waals surface area contributed by atoms with Gasteiger partial charge in [0.2, 0.25) is 5.91 Å². The van der Waals surface area contributed by atoms with E-state index in [1.54, 1.807) is 73.8 Å². The smallest absolute Gasteiger partial charge is 0.272 e. The predicted molar refractivity (Wildman–Crippen MR) is 188 cm³/mol. The summed E-state index contributed by atoms with van der Waals surface area (Å²) in [4.78, 5) is 40.2. The summed E-state index contributed by atoms with van der Waals surface area (Å²) in [7, 11) is 1.58. The largest absolute Gasteiger partial charge is 0.496 e. The van der Waals surface area contributed by atoms with E-state index >= 15 is 0 Å². The molecule has 0 aliphatic carbocycles. The molecule has 0 fully saturated rings. The molecule has 1 atom stereocenters. The molecule has 8 nitrogen and oxygen atoms in total. The zero-order valence-corrected chi connectivity index (χ0v) is 27.4. The van der Waals surface area contributed by atoms with Gasteiger partial charge in [-0.25, -0.2) is 0 Å². The van der Waals surface area contributed by atoms with Gasteiger partial charge in [0.25, 0.3) is 11.8 Å². The molecule has 0 saturated heterocycles. The van der Waals surface area contributed by atoms with Gasteiger partial charge in [0.15, 0.2) is 0 Å². The first-order valence-corrected chi connectivity index (χ1v) is 15.9. The van der Waals surface area contributed by atoms with Gasteiger partial charge in [-0.1, -0.05) is 48.0 Å². The number of ether oxygens (including phenoxy) is 1. The van der Waals surface area contributed by atoms with Gasteiger partial charge in [-0.3, -0.25) is 14.4 Å². The first-order valence-electron chi connectivity index (χ1n) is 14.7. The molecule has 1 heterocycles. The molecule has 47 heavy (non-hydrogen) atoms. The number of hydrogen-bond donors (Lipinski definition) is 3. The van der Waals surface area contributed by atoms with Gasteiger partial charge in [-0.2, -0.15) is 0 Å². The Hall–Kier alpha value is -5.25. The third kappa shape index (κ3) is 8.72. The van der Waals surface area contributed by atoms with Crippen molar-refractivity contribution < 1.29 is 23.5 Å². The number of anilines is 2. The van der Waals surface area contributed by atoms with E-state index in [9.17, 15) is 14.4 Å². The van der Waals surface area contributed by atoms with E-state index in [2.05, 4.69) is 16.0 Å². The van der Waals surface area contributed by atoms with E-state index in [1.165, 1.54) is 17.8 Å². The maximum atomic E-state index is 13.5. The third-order valence-corrected chi connectivity index (χ3v) is 8.41. The number of carbonyl (C=O) groups excluding carboxylic acids is 3. The van der Waals surface area contributed by atoms with Crippen LogP contribution in [0.3, 0.4) is 0 Å². The molecule has 1 aromatic heterocycles. The average Bonchev–Trinajstić information content (AvgIpc) is 3.55. The van der Waals surface area contributed by atoms with Crippen LogP contribution < -0.4 is 20.7 Å². The Morgan fingerprint density at radius 1 is 0.872 bits per heavy atom. The fourth-order valence-corrected chi connectivity index (χ4v) is 5.58. The highest BCUT2D eigenvalue weighted by Crippen LogP contribution is 2.32. The molecule has 5 rings (SSSR count). The second-order valence-electron chi connectivity index (χ2n) is 10.5. The molecule has 5 aromatic rings. The maximum absolute atomic E-state index is 13.5. The summed E-state index contributed by atoms with van der Waals surface area (Å²) >= 11 is 7.47. The van der Waals surface area contributed by atoms with Gasteiger partial charge >= 0.3 is 0 Å². The molecule has 4 aromatic carbocycles. The summed E-state index contributed by atoms with van der Waals surface area (Å²) < 4.78 is 11.5. The number of methoxy groups -OCH3 is 1. The Morgan fingerprint density at radius 3 is 2.34 bits per heavy atom. The molecule has 0 aliphatic heterocycles. The molecule has 3 N–H and O–H groups in total. The number of carbonyl (C=O) groups is 3. The first kappa shape index (κ1) is 33.1. The highest BCUT2D eigenvalue weighted by atomic mass is 35.5. The Bertz CT molecular complexity index is 1920. The fraction of sp³-hybridized carbons (Fsp3) is 0.108. The van der Waals surface area contributed by atoms with E-state index < -0.39 is 17.1 Å². The van der Waals surface area contributed by atoms with Crippen LogP contribution in [0.4, 0.5) is 11.4 Å². The topological polar surface area (TPSA) is 110 Å². The number of nitrogens with one attached hydrogen (secondary N) is 3. The Morgan fingerprint density at radius 2 is 1.60 bits per heavy atom. The molecule has 0 radical (unpaired) electrons. The minimum Gasteiger partial charge on any atom is -0.496 e. The van der Waals surface area contributed by atoms with Crippen molar-refractivity contribution in [1.82, 2.24) is 5.32 Å². The monoisotopic (exact) mass is 665 g/mol. The lowest BCUT2D eigenvalue weighted by atomic mass is 10.1. The number of hydrogen-bond acceptors (Lipinski definition) is 6. The summed E-state index contributed by atoms with van der Waals surface area (Å²) in [6, 6.07) is 31.9. The van der Waals surface area contributed by atoms with Gasteiger partial charge in [0, 0.05) is 32.9 Å². The number of benzene rings is 4. The third-order valence-electron chi connectivity index (χ3n) is 7.07. The minimum atomic E-state index is -0.547. The highest BCUT2D eigenvalue weighted by molar-refractivity contribution is 8.00. The number of aryl methyl sites for hydroxylation is 1. The van der Waals surface area contributed by atoms with E-state index in [0.717, 1.165) is 16.0 Å². The molecule has 0 unspecified atom stereocenters. The van der Waals surface area contributed by atoms with Crippen molar-refractivity contribution in [3.8, 4) is 17.1 Å². The fourth-order valence-electron chi connectivity index (χ4n) is 4.54. The van der Waals surface area contributed by atoms with Crippen LogP contribution in [0.25, 0.3) is 17.4 Å². The Kier molecular flexibility index (Phi) is 10.8. The van der Waals surface area contributed by atoms with Crippen LogP contribution in [0.15, 0.2) is 124 Å². The lowest BCUT2D eigenvalue weighted by Gasteiger charge is -2.14. The van der Waals surface area contributed by atoms with Crippen LogP contribution in [0.5, 0.6) is 5.75 Å². The summed E-state index contributed by atoms with van der Waals surface area (Å²) in [6.07, 6.45) is 1.47. The SMILES string of the molecule is COc1ccccc1-c1ccc(/C=C(/NC(=O)c2ccccc2)C(=O)Nc2ccc(S[C@H](C)C(=O)Nc3cc(Cl)ccc3C)cc2)o1. The van der Waals surface area contributed by atoms with Gasteiger partial charge in [-0.05, 0) is 92.2 Å². The van der Waals surface area contributed by atoms with Crippen LogP contribution in [-0.4, -0.2) is 30.1 Å². The van der Waals surface area contributed by atoms with E-state index in [0.29, 0.717) is 39.2 Å². The second-order valence-corrected chi connectivity index (χ2v) is 12.3. The first-order chi connectivity index (χ1) is 22.7. The van der Waals surface area contributed by atoms with E-state index in [1.807, 2.05) is 56.3 Å². The van der Waals surface area contributed by atoms with Crippen molar-refractivity contribution in [3.05, 3.63) is 137 Å². The number of furan rings is 1. The number of halogens is 1. The van der Waals surface area contributed by atoms with Crippen molar-refractivity contribution in [3.63, 3.8) is 0 Å². The van der Waals surface area contributed by atoms with Crippen molar-refractivity contribution in [2.24, 2.45) is 0 Å². The van der Waals surface area contributed by atoms with E-state index in [-0.39, 0.29) is 11.6 Å². The van der Waals surface area contributed by atoms with Gasteiger partial charge < -0.3 is 25.1 Å². The number of para-hydroxylation sites is 1. The van der Waals surface area contributed by atoms with Crippen LogP contribution in [-0.2, 0) is 9.59 Å². The number of thioether (sulfide) groups is 1. The molecular formula is C37H32ClN3O5S. The van der Waals surface area contributed by atoms with E-state index in [4.69, 9.17) is 20.8 Å². The lowest BCUT2D eigenvalue weighted by molar-refractivity contribution is -0.115. The minimum absolute atomic E-state index is 0.0140. The zero-order chi connectivity index (χ0) is 33.3. The lowest BCUT2D eigenvalue weighted by Crippen LogP contribution is -2.30. The summed E-state index contributed by atoms with van der Waals surface area (Å²) in [5.74, 6) is 0.386. The molecule has 0 saturated carbocycles. The van der Waals surface area contributed by atoms with Crippen molar-refractivity contribution in [2.75, 3.05) is 17.7 Å². The molecule has 0 bridgehead atoms. The second kappa shape index (κ2) is 15.4. The summed E-state index contributed by atoms with van der Waals surface area (Å²) in [6.45, 7) is 3.72. The zero-order valence-electron chi connectivity index (χ0n) is 25.9. The van der Waals surface area contributed by atoms with Gasteiger partial charge in [0.1, 0.15) is 23.0 Å². The molecule has 0 spiro atoms. The Balaban J connectivity index is 1.30. The van der Waals surface area contributed by atoms with Crippen molar-refractivity contribution in [2.45, 2.75) is 24.0 Å². The molecule has 10 heteroatoms. The van der Waals surface area contributed by atoms with Crippen molar-refractivity contribution in [1.29, 1.82) is 0 Å². The van der Waals surface area contributed by atoms with Gasteiger partial charge in [-0.15, -0.1) is 11.8 Å². The van der Waals surface area contributed by atoms with Crippen LogP contribution in [0.2, 0.25) is 5.02 Å². The maximum Gasteiger partial charge on any atom is 0.272 e. The number of amides is 3. The highest BCUT2D eigenvalue weighted by Gasteiger charge is 2.18. The quantitative estimate of drug-likeness (QED) is 0.0965. The summed E-state index contributed by atoms with van der Waals surface area (Å²) in [5, 5.41) is 8.63. The normalized spacial score (nSPS) is 11.8. The van der Waals surface area contributed by atoms with Crippen LogP contribution in [0, 0.1) is 6.92 Å². The van der Waals surface area contributed by atoms with Crippen LogP contribution >= 0.6 is 23.4 Å². The summed E-state index contributed by atoms with van der Waals surface area (Å²) in [5.41, 5.74) is 3.21. The molecule has 0 aliphatic rings. The number of rotatable bonds is 11.